The van der Waals surface area contributed by atoms with Gasteiger partial charge in [-0.25, -0.2) is 15.0 Å². The highest BCUT2D eigenvalue weighted by Gasteiger charge is 2.53. The van der Waals surface area contributed by atoms with Gasteiger partial charge in [0.2, 0.25) is 0 Å². The Morgan fingerprint density at radius 2 is 0.846 bits per heavy atom. The van der Waals surface area contributed by atoms with Gasteiger partial charge in [-0.05, 0) is 56.6 Å². The van der Waals surface area contributed by atoms with Gasteiger partial charge >= 0.3 is 0 Å². The first-order valence-corrected chi connectivity index (χ1v) is 18.4. The van der Waals surface area contributed by atoms with Crippen LogP contribution in [-0.4, -0.2) is 15.0 Å². The van der Waals surface area contributed by atoms with Gasteiger partial charge in [-0.1, -0.05) is 164 Å². The van der Waals surface area contributed by atoms with Crippen molar-refractivity contribution in [1.29, 1.82) is 0 Å². The zero-order chi connectivity index (χ0) is 34.2. The van der Waals surface area contributed by atoms with Crippen LogP contribution in [0.15, 0.2) is 176 Å². The minimum atomic E-state index is -0.390. The second-order valence-electron chi connectivity index (χ2n) is 13.5. The molecule has 7 aromatic carbocycles. The molecule has 2 aliphatic rings. The van der Waals surface area contributed by atoms with Gasteiger partial charge in [0.05, 0.1) is 5.41 Å². The molecule has 0 radical (unpaired) electrons. The van der Waals surface area contributed by atoms with Crippen molar-refractivity contribution in [1.82, 2.24) is 15.0 Å². The maximum Gasteiger partial charge on any atom is 0.164 e. The summed E-state index contributed by atoms with van der Waals surface area (Å²) in [4.78, 5) is 16.5. The highest BCUT2D eigenvalue weighted by molar-refractivity contribution is 7.20. The van der Waals surface area contributed by atoms with E-state index in [1.165, 1.54) is 59.5 Å². The third kappa shape index (κ3) is 4.10. The van der Waals surface area contributed by atoms with Crippen molar-refractivity contribution in [2.45, 2.75) is 5.41 Å². The van der Waals surface area contributed by atoms with Gasteiger partial charge < -0.3 is 0 Å². The molecule has 2 aliphatic carbocycles. The number of nitrogens with zero attached hydrogens (tertiary/aromatic N) is 3. The smallest absolute Gasteiger partial charge is 0.164 e. The maximum absolute atomic E-state index is 5.06. The fourth-order valence-corrected chi connectivity index (χ4v) is 10.0. The molecule has 52 heavy (non-hydrogen) atoms. The van der Waals surface area contributed by atoms with Crippen molar-refractivity contribution in [3.05, 3.63) is 197 Å². The van der Waals surface area contributed by atoms with Crippen molar-refractivity contribution in [2.24, 2.45) is 0 Å². The Morgan fingerprint density at radius 3 is 1.52 bits per heavy atom. The molecule has 0 aliphatic heterocycles. The lowest BCUT2D eigenvalue weighted by atomic mass is 9.73. The Morgan fingerprint density at radius 1 is 0.365 bits per heavy atom. The molecule has 0 atom stereocenters. The molecule has 0 unspecified atom stereocenters. The van der Waals surface area contributed by atoms with E-state index in [0.29, 0.717) is 17.5 Å². The van der Waals surface area contributed by atoms with E-state index in [1.807, 2.05) is 47.7 Å². The average Bonchev–Trinajstić information content (AvgIpc) is 3.85. The lowest BCUT2D eigenvalue weighted by Gasteiger charge is -2.29. The summed E-state index contributed by atoms with van der Waals surface area (Å²) in [5.74, 6) is 1.97. The molecule has 9 aromatic rings. The topological polar surface area (TPSA) is 38.7 Å². The molecule has 0 saturated heterocycles. The number of hydrogen-bond donors (Lipinski definition) is 0. The molecule has 242 valence electrons. The van der Waals surface area contributed by atoms with E-state index in [4.69, 9.17) is 15.0 Å². The predicted molar refractivity (Wildman–Crippen MR) is 213 cm³/mol. The molecular weight excluding hydrogens is 651 g/mol. The van der Waals surface area contributed by atoms with E-state index >= 15 is 0 Å². The minimum Gasteiger partial charge on any atom is -0.208 e. The van der Waals surface area contributed by atoms with Crippen LogP contribution in [0.5, 0.6) is 0 Å². The standard InChI is InChI=1S/C48H29N3S/c1-3-15-30(16-4-1)45-49-46(31-17-5-2-6-18-31)51-47(50-45)33-20-13-19-32(29-33)34-24-14-27-40-42(34)43-37-23-9-12-28-41(37)52-44(43)48(40)38-25-10-7-21-35(38)36-22-8-11-26-39(36)48/h1-29H. The van der Waals surface area contributed by atoms with Gasteiger partial charge in [0.25, 0.3) is 0 Å². The number of aromatic nitrogens is 3. The van der Waals surface area contributed by atoms with Crippen LogP contribution in [0.25, 0.3) is 77.6 Å². The van der Waals surface area contributed by atoms with Crippen molar-refractivity contribution in [2.75, 3.05) is 0 Å². The molecule has 2 aromatic heterocycles. The zero-order valence-corrected chi connectivity index (χ0v) is 28.8. The summed E-state index contributed by atoms with van der Waals surface area (Å²) in [6.45, 7) is 0. The number of fused-ring (bicyclic) bond motifs is 12. The monoisotopic (exact) mass is 679 g/mol. The molecule has 0 N–H and O–H groups in total. The first-order chi connectivity index (χ1) is 25.8. The largest absolute Gasteiger partial charge is 0.208 e. The fourth-order valence-electron chi connectivity index (χ4n) is 8.59. The van der Waals surface area contributed by atoms with Crippen molar-refractivity contribution in [3.63, 3.8) is 0 Å². The minimum absolute atomic E-state index is 0.390. The second kappa shape index (κ2) is 11.3. The third-order valence-electron chi connectivity index (χ3n) is 10.7. The molecule has 1 spiro atoms. The number of hydrogen-bond acceptors (Lipinski definition) is 4. The third-order valence-corrected chi connectivity index (χ3v) is 12.0. The molecule has 11 rings (SSSR count). The highest BCUT2D eigenvalue weighted by Crippen LogP contribution is 2.67. The average molecular weight is 680 g/mol. The normalized spacial score (nSPS) is 13.2. The van der Waals surface area contributed by atoms with Gasteiger partial charge in [0.1, 0.15) is 0 Å². The number of thiophene rings is 1. The summed E-state index contributed by atoms with van der Waals surface area (Å²) in [7, 11) is 0. The van der Waals surface area contributed by atoms with E-state index in [0.717, 1.165) is 22.3 Å². The van der Waals surface area contributed by atoms with Crippen LogP contribution < -0.4 is 0 Å². The summed E-state index contributed by atoms with van der Waals surface area (Å²) < 4.78 is 1.31. The first kappa shape index (κ1) is 29.3. The Labute approximate surface area is 305 Å². The van der Waals surface area contributed by atoms with Gasteiger partial charge in [0.15, 0.2) is 17.5 Å². The summed E-state index contributed by atoms with van der Waals surface area (Å²) in [5.41, 5.74) is 14.2. The summed E-state index contributed by atoms with van der Waals surface area (Å²) in [6, 6.07) is 62.9. The maximum atomic E-state index is 5.06. The molecule has 2 heterocycles. The van der Waals surface area contributed by atoms with Crippen LogP contribution in [0.4, 0.5) is 0 Å². The number of rotatable bonds is 4. The van der Waals surface area contributed by atoms with Crippen LogP contribution in [0.1, 0.15) is 21.6 Å². The SMILES string of the molecule is c1ccc(-c2nc(-c3ccccc3)nc(-c3cccc(-c4cccc5c4-c4c(sc6ccccc46)C54c5ccccc5-c5ccccc54)c3)n2)cc1. The molecular formula is C48H29N3S. The van der Waals surface area contributed by atoms with Gasteiger partial charge in [-0.3, -0.25) is 0 Å². The van der Waals surface area contributed by atoms with E-state index in [9.17, 15) is 0 Å². The predicted octanol–water partition coefficient (Wildman–Crippen LogP) is 12.1. The van der Waals surface area contributed by atoms with Gasteiger partial charge in [-0.15, -0.1) is 11.3 Å². The molecule has 3 nitrogen and oxygen atoms in total. The second-order valence-corrected chi connectivity index (χ2v) is 14.5. The first-order valence-electron chi connectivity index (χ1n) is 17.6. The van der Waals surface area contributed by atoms with E-state index in [2.05, 4.69) is 140 Å². The summed E-state index contributed by atoms with van der Waals surface area (Å²) >= 11 is 1.94. The molecule has 4 heteroatoms. The van der Waals surface area contributed by atoms with Gasteiger partial charge in [0, 0.05) is 37.2 Å². The van der Waals surface area contributed by atoms with Gasteiger partial charge in [-0.2, -0.15) is 0 Å². The quantitative estimate of drug-likeness (QED) is 0.186. The Hall–Kier alpha value is -6.49. The molecule has 0 fully saturated rings. The van der Waals surface area contributed by atoms with E-state index in [-0.39, 0.29) is 0 Å². The Bertz CT molecular complexity index is 2750. The van der Waals surface area contributed by atoms with E-state index in [1.54, 1.807) is 0 Å². The number of benzene rings is 7. The Kier molecular flexibility index (Phi) is 6.34. The highest BCUT2D eigenvalue weighted by atomic mass is 32.1. The van der Waals surface area contributed by atoms with Crippen LogP contribution in [0.2, 0.25) is 0 Å². The Balaban J connectivity index is 1.16. The fraction of sp³-hybridized carbons (Fsp3) is 0.0208. The van der Waals surface area contributed by atoms with Crippen LogP contribution in [-0.2, 0) is 5.41 Å². The lowest BCUT2D eigenvalue weighted by molar-refractivity contribution is 0.812. The summed E-state index contributed by atoms with van der Waals surface area (Å²) in [5, 5.41) is 1.31. The summed E-state index contributed by atoms with van der Waals surface area (Å²) in [6.07, 6.45) is 0. The lowest BCUT2D eigenvalue weighted by Crippen LogP contribution is -2.24. The van der Waals surface area contributed by atoms with E-state index < -0.39 is 5.41 Å². The van der Waals surface area contributed by atoms with Crippen molar-refractivity contribution in [3.8, 4) is 67.5 Å². The van der Waals surface area contributed by atoms with Crippen molar-refractivity contribution >= 4 is 21.4 Å². The molecule has 0 amide bonds. The molecule has 0 bridgehead atoms. The van der Waals surface area contributed by atoms with Crippen LogP contribution in [0, 0.1) is 0 Å². The van der Waals surface area contributed by atoms with Crippen LogP contribution >= 0.6 is 11.3 Å². The van der Waals surface area contributed by atoms with Crippen molar-refractivity contribution < 1.29 is 0 Å². The van der Waals surface area contributed by atoms with Crippen LogP contribution in [0.3, 0.4) is 0 Å². The molecule has 0 saturated carbocycles. The zero-order valence-electron chi connectivity index (χ0n) is 28.0.